The van der Waals surface area contributed by atoms with Gasteiger partial charge in [0, 0.05) is 20.8 Å². The second kappa shape index (κ2) is 18.2. The maximum absolute atomic E-state index is 9.01. The molecule has 0 aliphatic heterocycles. The minimum absolute atomic E-state index is 0.123. The quantitative estimate of drug-likeness (QED) is 0.338. The summed E-state index contributed by atoms with van der Waals surface area (Å²) in [7, 11) is 3.50. The molecule has 3 heteroatoms. The number of hydrogen-bond donors (Lipinski definition) is 1. The first-order valence-electron chi connectivity index (χ1n) is 9.94. The molecule has 2 atom stereocenters. The number of ether oxygens (including phenoxy) is 2. The summed E-state index contributed by atoms with van der Waals surface area (Å²) in [5, 5.41) is 9.01. The van der Waals surface area contributed by atoms with E-state index in [4.69, 9.17) is 14.6 Å². The third-order valence-electron chi connectivity index (χ3n) is 4.77. The Morgan fingerprint density at radius 3 is 1.52 bits per heavy atom. The first-order valence-corrected chi connectivity index (χ1v) is 9.94. The van der Waals surface area contributed by atoms with Crippen molar-refractivity contribution in [3.8, 4) is 0 Å². The molecule has 23 heavy (non-hydrogen) atoms. The Morgan fingerprint density at radius 1 is 0.652 bits per heavy atom. The summed E-state index contributed by atoms with van der Waals surface area (Å²) in [5.41, 5.74) is 0. The molecule has 0 bridgehead atoms. The Labute approximate surface area is 145 Å². The van der Waals surface area contributed by atoms with E-state index in [9.17, 15) is 0 Å². The lowest BCUT2D eigenvalue weighted by Gasteiger charge is -2.21. The van der Waals surface area contributed by atoms with Crippen LogP contribution in [0.5, 0.6) is 0 Å². The van der Waals surface area contributed by atoms with Gasteiger partial charge in [-0.3, -0.25) is 0 Å². The molecule has 0 aliphatic carbocycles. The second-order valence-corrected chi connectivity index (χ2v) is 6.79. The highest BCUT2D eigenvalue weighted by atomic mass is 16.5. The van der Waals surface area contributed by atoms with Gasteiger partial charge in [-0.15, -0.1) is 0 Å². The highest BCUT2D eigenvalue weighted by molar-refractivity contribution is 4.66. The second-order valence-electron chi connectivity index (χ2n) is 6.79. The van der Waals surface area contributed by atoms with Gasteiger partial charge >= 0.3 is 0 Å². The number of aliphatic hydroxyl groups excluding tert-OH is 1. The van der Waals surface area contributed by atoms with E-state index in [-0.39, 0.29) is 18.8 Å². The normalized spacial score (nSPS) is 14.1. The molecule has 0 rings (SSSR count). The van der Waals surface area contributed by atoms with Crippen molar-refractivity contribution in [2.75, 3.05) is 20.8 Å². The predicted molar refractivity (Wildman–Crippen MR) is 99.0 cm³/mol. The summed E-state index contributed by atoms with van der Waals surface area (Å²) >= 11 is 0. The lowest BCUT2D eigenvalue weighted by molar-refractivity contribution is 0.00781. The molecule has 1 N–H and O–H groups in total. The van der Waals surface area contributed by atoms with E-state index in [0.29, 0.717) is 6.42 Å². The molecule has 0 amide bonds. The van der Waals surface area contributed by atoms with Crippen LogP contribution in [0.25, 0.3) is 0 Å². The van der Waals surface area contributed by atoms with Crippen LogP contribution in [0, 0.1) is 0 Å². The van der Waals surface area contributed by atoms with Gasteiger partial charge in [0.1, 0.15) is 0 Å². The molecular formula is C20H42O3. The number of aliphatic hydroxyl groups is 1. The molecule has 0 spiro atoms. The summed E-state index contributed by atoms with van der Waals surface area (Å²) in [6, 6.07) is 0. The SMILES string of the molecule is CCCCCCCCCCCCCC(CC(CCO)OC)OC. The van der Waals surface area contributed by atoms with Crippen molar-refractivity contribution in [1.29, 1.82) is 0 Å². The van der Waals surface area contributed by atoms with Crippen LogP contribution < -0.4 is 0 Å². The number of rotatable bonds is 18. The van der Waals surface area contributed by atoms with Gasteiger partial charge in [0.2, 0.25) is 0 Å². The topological polar surface area (TPSA) is 38.7 Å². The van der Waals surface area contributed by atoms with Crippen molar-refractivity contribution in [3.05, 3.63) is 0 Å². The van der Waals surface area contributed by atoms with E-state index in [0.717, 1.165) is 12.8 Å². The first-order chi connectivity index (χ1) is 11.3. The Balaban J connectivity index is 3.43. The largest absolute Gasteiger partial charge is 0.396 e. The Bertz CT molecular complexity index is 221. The average Bonchev–Trinajstić information content (AvgIpc) is 2.57. The lowest BCUT2D eigenvalue weighted by atomic mass is 10.0. The smallest absolute Gasteiger partial charge is 0.0617 e. The Kier molecular flexibility index (Phi) is 18.1. The number of unbranched alkanes of at least 4 members (excludes halogenated alkanes) is 10. The zero-order valence-electron chi connectivity index (χ0n) is 16.0. The van der Waals surface area contributed by atoms with Crippen molar-refractivity contribution in [2.24, 2.45) is 0 Å². The van der Waals surface area contributed by atoms with Gasteiger partial charge in [-0.1, -0.05) is 77.6 Å². The standard InChI is InChI=1S/C20H42O3/c1-4-5-6-7-8-9-10-11-12-13-14-15-19(22-2)18-20(23-3)16-17-21/h19-21H,4-18H2,1-3H3. The minimum Gasteiger partial charge on any atom is -0.396 e. The van der Waals surface area contributed by atoms with Crippen molar-refractivity contribution in [2.45, 2.75) is 109 Å². The highest BCUT2D eigenvalue weighted by Gasteiger charge is 2.15. The molecule has 3 nitrogen and oxygen atoms in total. The maximum atomic E-state index is 9.01. The fraction of sp³-hybridized carbons (Fsp3) is 1.00. The molecule has 0 aromatic carbocycles. The Hall–Kier alpha value is -0.120. The molecule has 0 saturated carbocycles. The Morgan fingerprint density at radius 2 is 1.09 bits per heavy atom. The van der Waals surface area contributed by atoms with Crippen LogP contribution in [-0.4, -0.2) is 38.1 Å². The molecule has 0 aliphatic rings. The highest BCUT2D eigenvalue weighted by Crippen LogP contribution is 2.16. The molecule has 140 valence electrons. The molecule has 0 aromatic rings. The zero-order valence-corrected chi connectivity index (χ0v) is 16.0. The summed E-state index contributed by atoms with van der Waals surface area (Å²) in [6.07, 6.45) is 18.2. The van der Waals surface area contributed by atoms with Gasteiger partial charge in [-0.25, -0.2) is 0 Å². The van der Waals surface area contributed by atoms with E-state index < -0.39 is 0 Å². The summed E-state index contributed by atoms with van der Waals surface area (Å²) in [5.74, 6) is 0. The van der Waals surface area contributed by atoms with Gasteiger partial charge < -0.3 is 14.6 Å². The van der Waals surface area contributed by atoms with E-state index in [1.165, 1.54) is 70.6 Å². The third-order valence-corrected chi connectivity index (χ3v) is 4.77. The van der Waals surface area contributed by atoms with Crippen LogP contribution in [0.15, 0.2) is 0 Å². The van der Waals surface area contributed by atoms with Crippen LogP contribution in [0.4, 0.5) is 0 Å². The molecule has 0 heterocycles. The third kappa shape index (κ3) is 15.2. The molecule has 0 fully saturated rings. The monoisotopic (exact) mass is 330 g/mol. The van der Waals surface area contributed by atoms with Crippen molar-refractivity contribution >= 4 is 0 Å². The van der Waals surface area contributed by atoms with Gasteiger partial charge in [-0.2, -0.15) is 0 Å². The van der Waals surface area contributed by atoms with Gasteiger partial charge in [-0.05, 0) is 19.3 Å². The van der Waals surface area contributed by atoms with Crippen LogP contribution in [0.2, 0.25) is 0 Å². The lowest BCUT2D eigenvalue weighted by Crippen LogP contribution is -2.22. The van der Waals surface area contributed by atoms with Crippen LogP contribution in [-0.2, 0) is 9.47 Å². The average molecular weight is 331 g/mol. The summed E-state index contributed by atoms with van der Waals surface area (Å²) in [4.78, 5) is 0. The zero-order chi connectivity index (χ0) is 17.2. The minimum atomic E-state index is 0.123. The van der Waals surface area contributed by atoms with Crippen LogP contribution in [0.3, 0.4) is 0 Å². The molecule has 0 saturated heterocycles. The van der Waals surface area contributed by atoms with E-state index >= 15 is 0 Å². The van der Waals surface area contributed by atoms with E-state index in [2.05, 4.69) is 6.92 Å². The fourth-order valence-electron chi connectivity index (χ4n) is 3.14. The van der Waals surface area contributed by atoms with Gasteiger partial charge in [0.05, 0.1) is 12.2 Å². The van der Waals surface area contributed by atoms with E-state index in [1.54, 1.807) is 14.2 Å². The van der Waals surface area contributed by atoms with Crippen LogP contribution >= 0.6 is 0 Å². The molecule has 0 radical (unpaired) electrons. The van der Waals surface area contributed by atoms with Gasteiger partial charge in [0.25, 0.3) is 0 Å². The molecule has 0 aromatic heterocycles. The number of methoxy groups -OCH3 is 2. The van der Waals surface area contributed by atoms with Crippen molar-refractivity contribution in [3.63, 3.8) is 0 Å². The first kappa shape index (κ1) is 22.9. The number of hydrogen-bond acceptors (Lipinski definition) is 3. The van der Waals surface area contributed by atoms with Crippen molar-refractivity contribution in [1.82, 2.24) is 0 Å². The van der Waals surface area contributed by atoms with Crippen LogP contribution in [0.1, 0.15) is 96.8 Å². The van der Waals surface area contributed by atoms with Gasteiger partial charge in [0.15, 0.2) is 0 Å². The molecular weight excluding hydrogens is 288 g/mol. The van der Waals surface area contributed by atoms with Crippen molar-refractivity contribution < 1.29 is 14.6 Å². The summed E-state index contributed by atoms with van der Waals surface area (Å²) in [6.45, 7) is 2.46. The predicted octanol–water partition coefficient (Wildman–Crippen LogP) is 5.49. The fourth-order valence-corrected chi connectivity index (χ4v) is 3.14. The summed E-state index contributed by atoms with van der Waals surface area (Å²) < 4.78 is 10.9. The molecule has 2 unspecified atom stereocenters. The maximum Gasteiger partial charge on any atom is 0.0617 e. The van der Waals surface area contributed by atoms with E-state index in [1.807, 2.05) is 0 Å².